The van der Waals surface area contributed by atoms with E-state index in [9.17, 15) is 20.1 Å². The van der Waals surface area contributed by atoms with Crippen molar-refractivity contribution in [2.45, 2.75) is 63.9 Å². The maximum atomic E-state index is 13.1. The molecule has 2 aliphatic heterocycles. The molecule has 0 aliphatic carbocycles. The number of nitrogens with zero attached hydrogens (tertiary/aromatic N) is 2. The Bertz CT molecular complexity index is 1940. The molecule has 4 aromatic rings. The van der Waals surface area contributed by atoms with E-state index in [2.05, 4.69) is 13.8 Å². The second-order valence-corrected chi connectivity index (χ2v) is 12.8. The molecule has 2 fully saturated rings. The molecule has 0 saturated carbocycles. The molecule has 0 aromatic heterocycles. The van der Waals surface area contributed by atoms with Crippen molar-refractivity contribution < 1.29 is 38.0 Å². The van der Waals surface area contributed by atoms with Crippen LogP contribution in [0, 0.1) is 22.7 Å². The van der Waals surface area contributed by atoms with Crippen LogP contribution < -0.4 is 9.47 Å². The molecular weight excluding hydrogens is 660 g/mol. The highest BCUT2D eigenvalue weighted by Gasteiger charge is 2.51. The van der Waals surface area contributed by atoms with Crippen LogP contribution in [-0.2, 0) is 28.5 Å². The van der Waals surface area contributed by atoms with E-state index in [0.29, 0.717) is 24.3 Å². The van der Waals surface area contributed by atoms with Gasteiger partial charge in [-0.15, -0.1) is 0 Å². The number of esters is 2. The highest BCUT2D eigenvalue weighted by atomic mass is 16.7. The number of ether oxygens (including phenoxy) is 6. The molecule has 266 valence electrons. The number of rotatable bonds is 14. The van der Waals surface area contributed by atoms with Gasteiger partial charge in [0.05, 0.1) is 26.4 Å². The van der Waals surface area contributed by atoms with Crippen LogP contribution in [0.15, 0.2) is 83.9 Å². The predicted molar refractivity (Wildman–Crippen MR) is 195 cm³/mol. The fourth-order valence-corrected chi connectivity index (χ4v) is 6.15. The zero-order valence-electron chi connectivity index (χ0n) is 29.2. The lowest BCUT2D eigenvalue weighted by Gasteiger charge is -2.17. The van der Waals surface area contributed by atoms with Crippen LogP contribution in [-0.4, -0.2) is 62.8 Å². The Labute approximate surface area is 302 Å². The van der Waals surface area contributed by atoms with Crippen molar-refractivity contribution in [1.29, 1.82) is 10.5 Å². The summed E-state index contributed by atoms with van der Waals surface area (Å²) in [6, 6.07) is 26.7. The molecule has 4 aromatic carbocycles. The lowest BCUT2D eigenvalue weighted by Crippen LogP contribution is -2.36. The summed E-state index contributed by atoms with van der Waals surface area (Å²) in [4.78, 5) is 26.2. The van der Waals surface area contributed by atoms with Gasteiger partial charge < -0.3 is 28.4 Å². The van der Waals surface area contributed by atoms with Gasteiger partial charge in [-0.3, -0.25) is 0 Å². The molecule has 6 rings (SSSR count). The Morgan fingerprint density at radius 2 is 1.06 bits per heavy atom. The van der Waals surface area contributed by atoms with Crippen LogP contribution in [0.5, 0.6) is 11.5 Å². The molecule has 10 heteroatoms. The summed E-state index contributed by atoms with van der Waals surface area (Å²) >= 11 is 0. The minimum Gasteiger partial charge on any atom is -0.494 e. The van der Waals surface area contributed by atoms with Gasteiger partial charge in [0.15, 0.2) is 12.2 Å². The first-order valence-electron chi connectivity index (χ1n) is 17.6. The molecule has 0 amide bonds. The van der Waals surface area contributed by atoms with Crippen LogP contribution in [0.1, 0.15) is 50.7 Å². The first-order valence-corrected chi connectivity index (χ1v) is 17.6. The average molecular weight is 701 g/mol. The minimum atomic E-state index is -0.818. The van der Waals surface area contributed by atoms with Crippen molar-refractivity contribution in [3.8, 4) is 23.6 Å². The molecule has 0 unspecified atom stereocenters. The number of carbonyl (C=O) groups excluding carboxylic acids is 2. The third-order valence-corrected chi connectivity index (χ3v) is 8.99. The summed E-state index contributed by atoms with van der Waals surface area (Å²) in [5, 5.41) is 23.4. The standard InChI is InChI=1S/C42H40N2O8/c1-3-5-15-47-35-13-11-29-17-27(7-9-31(29)21-35)19-33(23-43)41(45)51-37-25-49-40-38(26-50-39(37)40)52-42(46)34(24-44)20-28-8-10-32-22-36(48-16-6-4-2)14-12-30(32)18-28/h7-14,17-22,37-40H,3-6,15-16,25-26H2,1-2H3/b33-19+,34-20+/t37-,38+,39-,40-/m1/s1. The number of fused-ring (bicyclic) bond motifs is 3. The first kappa shape index (κ1) is 36.1. The maximum Gasteiger partial charge on any atom is 0.349 e. The van der Waals surface area contributed by atoms with Crippen molar-refractivity contribution >= 4 is 45.6 Å². The summed E-state index contributed by atoms with van der Waals surface area (Å²) in [5.41, 5.74) is 0.969. The van der Waals surface area contributed by atoms with E-state index >= 15 is 0 Å². The molecular formula is C42H40N2O8. The van der Waals surface area contributed by atoms with Gasteiger partial charge in [-0.25, -0.2) is 9.59 Å². The quantitative estimate of drug-likeness (QED) is 0.0563. The van der Waals surface area contributed by atoms with Crippen molar-refractivity contribution in [2.75, 3.05) is 26.4 Å². The van der Waals surface area contributed by atoms with E-state index in [-0.39, 0.29) is 24.4 Å². The van der Waals surface area contributed by atoms with E-state index in [0.717, 1.165) is 58.7 Å². The van der Waals surface area contributed by atoms with Gasteiger partial charge in [0.25, 0.3) is 0 Å². The zero-order valence-corrected chi connectivity index (χ0v) is 29.2. The van der Waals surface area contributed by atoms with E-state index in [4.69, 9.17) is 28.4 Å². The summed E-state index contributed by atoms with van der Waals surface area (Å²) in [7, 11) is 0. The second kappa shape index (κ2) is 17.0. The van der Waals surface area contributed by atoms with Gasteiger partial charge in [-0.05, 0) is 94.1 Å². The lowest BCUT2D eigenvalue weighted by molar-refractivity contribution is -0.149. The monoisotopic (exact) mass is 700 g/mol. The fourth-order valence-electron chi connectivity index (χ4n) is 6.15. The number of unbranched alkanes of at least 4 members (excludes halogenated alkanes) is 2. The van der Waals surface area contributed by atoms with Gasteiger partial charge >= 0.3 is 11.9 Å². The van der Waals surface area contributed by atoms with Gasteiger partial charge in [0, 0.05) is 0 Å². The number of nitriles is 2. The molecule has 0 radical (unpaired) electrons. The summed E-state index contributed by atoms with van der Waals surface area (Å²) in [6.07, 6.45) is 3.98. The highest BCUT2D eigenvalue weighted by Crippen LogP contribution is 2.32. The molecule has 0 N–H and O–H groups in total. The number of hydrogen-bond donors (Lipinski definition) is 0. The topological polar surface area (TPSA) is 137 Å². The Hall–Kier alpha value is -5.68. The molecule has 10 nitrogen and oxygen atoms in total. The first-order chi connectivity index (χ1) is 25.4. The highest BCUT2D eigenvalue weighted by molar-refractivity contribution is 5.99. The lowest BCUT2D eigenvalue weighted by atomic mass is 10.0. The Kier molecular flexibility index (Phi) is 11.8. The molecule has 52 heavy (non-hydrogen) atoms. The van der Waals surface area contributed by atoms with Crippen molar-refractivity contribution in [3.63, 3.8) is 0 Å². The van der Waals surface area contributed by atoms with Gasteiger partial charge in [0.1, 0.15) is 47.0 Å². The zero-order chi connectivity index (χ0) is 36.5. The molecule has 0 bridgehead atoms. The Balaban J connectivity index is 1.05. The SMILES string of the molecule is CCCCOc1ccc2cc(/C=C(\C#N)C(=O)O[C@H]3CO[C@H]4[C@@H]3OC[C@H]4OC(=O)/C(C#N)=C/c3ccc4cc(OCCCC)ccc4c3)ccc2c1. The van der Waals surface area contributed by atoms with Crippen LogP contribution >= 0.6 is 0 Å². The molecule has 4 atom stereocenters. The number of hydrogen-bond acceptors (Lipinski definition) is 10. The van der Waals surface area contributed by atoms with Crippen molar-refractivity contribution in [3.05, 3.63) is 95.1 Å². The molecule has 2 heterocycles. The number of carbonyl (C=O) groups is 2. The van der Waals surface area contributed by atoms with Crippen LogP contribution in [0.4, 0.5) is 0 Å². The number of benzene rings is 4. The average Bonchev–Trinajstić information content (AvgIpc) is 3.75. The van der Waals surface area contributed by atoms with E-state index in [1.165, 1.54) is 12.2 Å². The van der Waals surface area contributed by atoms with Gasteiger partial charge in [-0.1, -0.05) is 63.1 Å². The molecule has 2 saturated heterocycles. The minimum absolute atomic E-state index is 0.00411. The third kappa shape index (κ3) is 8.60. The second-order valence-electron chi connectivity index (χ2n) is 12.8. The Morgan fingerprint density at radius 3 is 1.46 bits per heavy atom. The van der Waals surface area contributed by atoms with Crippen LogP contribution in [0.2, 0.25) is 0 Å². The van der Waals surface area contributed by atoms with E-state index in [1.807, 2.05) is 84.9 Å². The maximum absolute atomic E-state index is 13.1. The van der Waals surface area contributed by atoms with Crippen molar-refractivity contribution in [1.82, 2.24) is 0 Å². The Morgan fingerprint density at radius 1 is 0.654 bits per heavy atom. The van der Waals surface area contributed by atoms with Gasteiger partial charge in [0.2, 0.25) is 0 Å². The summed E-state index contributed by atoms with van der Waals surface area (Å²) < 4.78 is 34.6. The smallest absolute Gasteiger partial charge is 0.349 e. The third-order valence-electron chi connectivity index (χ3n) is 8.99. The van der Waals surface area contributed by atoms with Crippen LogP contribution in [0.3, 0.4) is 0 Å². The van der Waals surface area contributed by atoms with Gasteiger partial charge in [-0.2, -0.15) is 10.5 Å². The van der Waals surface area contributed by atoms with Crippen molar-refractivity contribution in [2.24, 2.45) is 0 Å². The van der Waals surface area contributed by atoms with E-state index in [1.54, 1.807) is 0 Å². The molecule has 0 spiro atoms. The summed E-state index contributed by atoms with van der Waals surface area (Å²) in [5.74, 6) is -0.0455. The largest absolute Gasteiger partial charge is 0.494 e. The summed E-state index contributed by atoms with van der Waals surface area (Å²) in [6.45, 7) is 5.53. The van der Waals surface area contributed by atoms with E-state index < -0.39 is 36.4 Å². The molecule has 2 aliphatic rings. The van der Waals surface area contributed by atoms with Crippen LogP contribution in [0.25, 0.3) is 33.7 Å². The normalized spacial score (nSPS) is 19.8. The fraction of sp³-hybridized carbons (Fsp3) is 0.333. The predicted octanol–water partition coefficient (Wildman–Crippen LogP) is 7.49.